The summed E-state index contributed by atoms with van der Waals surface area (Å²) in [6.45, 7) is 4.21. The first-order chi connectivity index (χ1) is 28.5. The van der Waals surface area contributed by atoms with Crippen molar-refractivity contribution < 1.29 is 20.1 Å². The van der Waals surface area contributed by atoms with Gasteiger partial charge in [-0.3, -0.25) is 4.79 Å². The second-order valence-corrected chi connectivity index (χ2v) is 18.5. The van der Waals surface area contributed by atoms with Crippen molar-refractivity contribution in [2.24, 2.45) is 0 Å². The number of amides is 1. The van der Waals surface area contributed by atoms with Crippen molar-refractivity contribution in [3.05, 3.63) is 12.2 Å². The van der Waals surface area contributed by atoms with E-state index in [9.17, 15) is 20.1 Å². The van der Waals surface area contributed by atoms with Crippen LogP contribution in [-0.4, -0.2) is 46.1 Å². The van der Waals surface area contributed by atoms with E-state index in [1.165, 1.54) is 244 Å². The molecule has 0 saturated heterocycles. The van der Waals surface area contributed by atoms with Gasteiger partial charge < -0.3 is 20.6 Å². The van der Waals surface area contributed by atoms with E-state index in [0.29, 0.717) is 6.42 Å². The first kappa shape index (κ1) is 57.1. The van der Waals surface area contributed by atoms with Crippen molar-refractivity contribution in [2.75, 3.05) is 6.61 Å². The van der Waals surface area contributed by atoms with Crippen LogP contribution in [0.1, 0.15) is 296 Å². The normalized spacial score (nSPS) is 13.4. The molecule has 0 saturated carbocycles. The quantitative estimate of drug-likeness (QED) is 0.0364. The molecule has 5 heteroatoms. The molecule has 0 aliphatic carbocycles. The van der Waals surface area contributed by atoms with E-state index < -0.39 is 18.2 Å². The SMILES string of the molecule is CCCCCCCCCC/C=C/C(O)C(CO)NC(=O)CC(O)CCCCCCCCCCCCCCCCCCCCCCCCCCCCCCCCCCC. The Balaban J connectivity index is 3.42. The Morgan fingerprint density at radius 1 is 0.431 bits per heavy atom. The maximum Gasteiger partial charge on any atom is 0.222 e. The molecule has 0 radical (unpaired) electrons. The van der Waals surface area contributed by atoms with Gasteiger partial charge in [0, 0.05) is 0 Å². The zero-order valence-corrected chi connectivity index (χ0v) is 39.5. The average Bonchev–Trinajstić information content (AvgIpc) is 3.22. The lowest BCUT2D eigenvalue weighted by atomic mass is 10.0. The van der Waals surface area contributed by atoms with Crippen molar-refractivity contribution in [3.8, 4) is 0 Å². The maximum absolute atomic E-state index is 12.4. The second kappa shape index (κ2) is 48.8. The topological polar surface area (TPSA) is 89.8 Å². The minimum Gasteiger partial charge on any atom is -0.394 e. The van der Waals surface area contributed by atoms with Crippen LogP contribution in [0.5, 0.6) is 0 Å². The minimum atomic E-state index is -0.923. The zero-order valence-electron chi connectivity index (χ0n) is 39.5. The molecule has 5 nitrogen and oxygen atoms in total. The molecule has 1 amide bonds. The van der Waals surface area contributed by atoms with Crippen LogP contribution < -0.4 is 5.32 Å². The fourth-order valence-electron chi connectivity index (χ4n) is 8.52. The first-order valence-corrected chi connectivity index (χ1v) is 26.5. The van der Waals surface area contributed by atoms with Crippen molar-refractivity contribution >= 4 is 5.91 Å². The highest BCUT2D eigenvalue weighted by molar-refractivity contribution is 5.76. The Morgan fingerprint density at radius 2 is 0.707 bits per heavy atom. The molecule has 0 heterocycles. The summed E-state index contributed by atoms with van der Waals surface area (Å²) in [5, 5.41) is 33.2. The summed E-state index contributed by atoms with van der Waals surface area (Å²) in [5.41, 5.74) is 0. The monoisotopic (exact) mass is 820 g/mol. The Kier molecular flexibility index (Phi) is 48.0. The minimum absolute atomic E-state index is 0.0187. The predicted octanol–water partition coefficient (Wildman–Crippen LogP) is 15.9. The number of hydrogen-bond donors (Lipinski definition) is 4. The third-order valence-corrected chi connectivity index (χ3v) is 12.6. The van der Waals surface area contributed by atoms with Crippen LogP contribution in [0.15, 0.2) is 12.2 Å². The summed E-state index contributed by atoms with van der Waals surface area (Å²) in [6.07, 6.45) is 59.9. The van der Waals surface area contributed by atoms with Crippen molar-refractivity contribution in [1.82, 2.24) is 5.32 Å². The fraction of sp³-hybridized carbons (Fsp3) is 0.943. The molecule has 0 spiro atoms. The van der Waals surface area contributed by atoms with Gasteiger partial charge in [0.05, 0.1) is 31.3 Å². The average molecular weight is 820 g/mol. The second-order valence-electron chi connectivity index (χ2n) is 18.5. The van der Waals surface area contributed by atoms with E-state index in [1.807, 2.05) is 6.08 Å². The van der Waals surface area contributed by atoms with Crippen molar-refractivity contribution in [3.63, 3.8) is 0 Å². The lowest BCUT2D eigenvalue weighted by Gasteiger charge is -2.21. The van der Waals surface area contributed by atoms with Gasteiger partial charge >= 0.3 is 0 Å². The molecular formula is C53H105NO4. The molecule has 3 atom stereocenters. The predicted molar refractivity (Wildman–Crippen MR) is 255 cm³/mol. The summed E-state index contributed by atoms with van der Waals surface area (Å²) >= 11 is 0. The molecule has 0 fully saturated rings. The highest BCUT2D eigenvalue weighted by Gasteiger charge is 2.20. The van der Waals surface area contributed by atoms with Crippen molar-refractivity contribution in [2.45, 2.75) is 315 Å². The molecule has 58 heavy (non-hydrogen) atoms. The van der Waals surface area contributed by atoms with Gasteiger partial charge in [0.25, 0.3) is 0 Å². The molecule has 0 aliphatic heterocycles. The van der Waals surface area contributed by atoms with E-state index in [2.05, 4.69) is 19.2 Å². The summed E-state index contributed by atoms with van der Waals surface area (Å²) in [5.74, 6) is -0.312. The van der Waals surface area contributed by atoms with E-state index in [0.717, 1.165) is 25.7 Å². The number of unbranched alkanes of at least 4 members (excludes halogenated alkanes) is 40. The number of aliphatic hydroxyl groups is 3. The van der Waals surface area contributed by atoms with E-state index >= 15 is 0 Å². The lowest BCUT2D eigenvalue weighted by Crippen LogP contribution is -2.45. The maximum atomic E-state index is 12.4. The van der Waals surface area contributed by atoms with Crippen LogP contribution in [0, 0.1) is 0 Å². The van der Waals surface area contributed by atoms with Gasteiger partial charge in [0.1, 0.15) is 0 Å². The molecule has 4 N–H and O–H groups in total. The first-order valence-electron chi connectivity index (χ1n) is 26.5. The number of hydrogen-bond acceptors (Lipinski definition) is 4. The number of allylic oxidation sites excluding steroid dienone is 1. The molecule has 0 aliphatic rings. The molecule has 0 aromatic heterocycles. The van der Waals surface area contributed by atoms with E-state index in [4.69, 9.17) is 0 Å². The molecular weight excluding hydrogens is 715 g/mol. The Labute approximate surface area is 363 Å². The van der Waals surface area contributed by atoms with Gasteiger partial charge in [-0.2, -0.15) is 0 Å². The van der Waals surface area contributed by atoms with Gasteiger partial charge in [-0.25, -0.2) is 0 Å². The van der Waals surface area contributed by atoms with E-state index in [-0.39, 0.29) is 18.9 Å². The Hall–Kier alpha value is -0.910. The van der Waals surface area contributed by atoms with Crippen LogP contribution in [0.25, 0.3) is 0 Å². The zero-order chi connectivity index (χ0) is 42.3. The molecule has 3 unspecified atom stereocenters. The Bertz CT molecular complexity index is 818. The number of aliphatic hydroxyl groups excluding tert-OH is 3. The largest absolute Gasteiger partial charge is 0.394 e. The summed E-state index contributed by atoms with van der Waals surface area (Å²) < 4.78 is 0. The van der Waals surface area contributed by atoms with Crippen LogP contribution in [0.4, 0.5) is 0 Å². The summed E-state index contributed by atoms with van der Waals surface area (Å²) in [7, 11) is 0. The highest BCUT2D eigenvalue weighted by atomic mass is 16.3. The van der Waals surface area contributed by atoms with Crippen LogP contribution in [-0.2, 0) is 4.79 Å². The summed E-state index contributed by atoms with van der Waals surface area (Å²) in [4.78, 5) is 12.4. The van der Waals surface area contributed by atoms with Crippen molar-refractivity contribution in [1.29, 1.82) is 0 Å². The number of rotatable bonds is 49. The molecule has 0 rings (SSSR count). The standard InChI is InChI=1S/C53H105NO4/c1-3-5-7-9-11-13-15-16-17-18-19-20-21-22-23-24-25-26-27-28-29-30-31-32-33-34-35-36-37-38-40-42-44-46-50(56)48-53(58)54-51(49-55)52(57)47-45-43-41-39-14-12-10-8-6-4-2/h45,47,50-52,55-57H,3-44,46,48-49H2,1-2H3,(H,54,58)/b47-45+. The number of carbonyl (C=O) groups is 1. The fourth-order valence-corrected chi connectivity index (χ4v) is 8.52. The van der Waals surface area contributed by atoms with Gasteiger partial charge in [0.2, 0.25) is 5.91 Å². The molecule has 346 valence electrons. The number of nitrogens with one attached hydrogen (secondary N) is 1. The molecule has 0 bridgehead atoms. The van der Waals surface area contributed by atoms with Gasteiger partial charge in [-0.15, -0.1) is 0 Å². The van der Waals surface area contributed by atoms with Gasteiger partial charge in [-0.05, 0) is 19.3 Å². The van der Waals surface area contributed by atoms with E-state index in [1.54, 1.807) is 6.08 Å². The van der Waals surface area contributed by atoms with Gasteiger partial charge in [-0.1, -0.05) is 283 Å². The Morgan fingerprint density at radius 3 is 1.00 bits per heavy atom. The molecule has 0 aromatic rings. The number of carbonyl (C=O) groups excluding carboxylic acids is 1. The van der Waals surface area contributed by atoms with Crippen LogP contribution in [0.2, 0.25) is 0 Å². The lowest BCUT2D eigenvalue weighted by molar-refractivity contribution is -0.124. The third-order valence-electron chi connectivity index (χ3n) is 12.6. The summed E-state index contributed by atoms with van der Waals surface area (Å²) in [6, 6.07) is -0.738. The van der Waals surface area contributed by atoms with Crippen LogP contribution in [0.3, 0.4) is 0 Å². The smallest absolute Gasteiger partial charge is 0.222 e. The third kappa shape index (κ3) is 44.6. The van der Waals surface area contributed by atoms with Crippen LogP contribution >= 0.6 is 0 Å². The van der Waals surface area contributed by atoms with Gasteiger partial charge in [0.15, 0.2) is 0 Å². The highest BCUT2D eigenvalue weighted by Crippen LogP contribution is 2.18. The molecule has 0 aromatic carbocycles.